The minimum Gasteiger partial charge on any atom is -0.461 e. The van der Waals surface area contributed by atoms with Crippen LogP contribution in [0.4, 0.5) is 0 Å². The fourth-order valence-corrected chi connectivity index (χ4v) is 1.79. The number of esters is 1. The van der Waals surface area contributed by atoms with E-state index in [1.54, 1.807) is 0 Å². The molecule has 0 aliphatic rings. The van der Waals surface area contributed by atoms with Gasteiger partial charge in [-0.3, -0.25) is 9.32 Å². The van der Waals surface area contributed by atoms with Gasteiger partial charge in [-0.15, -0.1) is 0 Å². The first-order valence-electron chi connectivity index (χ1n) is 7.03. The predicted molar refractivity (Wildman–Crippen MR) is 81.0 cm³/mol. The zero-order valence-electron chi connectivity index (χ0n) is 13.3. The summed E-state index contributed by atoms with van der Waals surface area (Å²) in [6.45, 7) is 5.74. The molecule has 0 bridgehead atoms. The van der Waals surface area contributed by atoms with E-state index in [-0.39, 0.29) is 19.2 Å². The van der Waals surface area contributed by atoms with Crippen LogP contribution in [0.1, 0.15) is 12.8 Å². The average molecular weight is 340 g/mol. The number of ether oxygens (including phenoxy) is 2. The molecule has 0 aliphatic heterocycles. The van der Waals surface area contributed by atoms with Crippen LogP contribution in [0.2, 0.25) is 0 Å². The SMILES string of the molecule is C=CCOC(=O)CCCOCC[N+](C)(C)CCOP(=O)(O)O. The van der Waals surface area contributed by atoms with Gasteiger partial charge in [-0.2, -0.15) is 0 Å². The molecule has 8 nitrogen and oxygen atoms in total. The number of phosphoric ester groups is 1. The van der Waals surface area contributed by atoms with Crippen molar-refractivity contribution in [2.24, 2.45) is 0 Å². The van der Waals surface area contributed by atoms with Gasteiger partial charge in [0.25, 0.3) is 0 Å². The maximum absolute atomic E-state index is 11.2. The van der Waals surface area contributed by atoms with Gasteiger partial charge in [0.15, 0.2) is 0 Å². The highest BCUT2D eigenvalue weighted by Crippen LogP contribution is 2.35. The number of likely N-dealkylation sites (N-methyl/N-ethyl adjacent to an activating group) is 1. The van der Waals surface area contributed by atoms with Crippen LogP contribution < -0.4 is 0 Å². The molecule has 0 aliphatic carbocycles. The zero-order chi connectivity index (χ0) is 17.1. The predicted octanol–water partition coefficient (Wildman–Crippen LogP) is 0.698. The van der Waals surface area contributed by atoms with Crippen LogP contribution in [0.25, 0.3) is 0 Å². The van der Waals surface area contributed by atoms with Crippen molar-refractivity contribution >= 4 is 13.8 Å². The van der Waals surface area contributed by atoms with Crippen LogP contribution in [-0.4, -0.2) is 73.9 Å². The van der Waals surface area contributed by atoms with Crippen molar-refractivity contribution in [3.8, 4) is 0 Å². The summed E-state index contributed by atoms with van der Waals surface area (Å²) in [5.74, 6) is -0.269. The van der Waals surface area contributed by atoms with Gasteiger partial charge in [0, 0.05) is 13.0 Å². The second-order valence-electron chi connectivity index (χ2n) is 5.39. The van der Waals surface area contributed by atoms with E-state index in [1.165, 1.54) is 6.08 Å². The van der Waals surface area contributed by atoms with Crippen LogP contribution in [0.5, 0.6) is 0 Å². The second-order valence-corrected chi connectivity index (χ2v) is 6.63. The molecule has 22 heavy (non-hydrogen) atoms. The van der Waals surface area contributed by atoms with Gasteiger partial charge in [0.2, 0.25) is 0 Å². The Bertz CT molecular complexity index is 381. The average Bonchev–Trinajstić information content (AvgIpc) is 2.38. The van der Waals surface area contributed by atoms with Gasteiger partial charge < -0.3 is 23.7 Å². The topological polar surface area (TPSA) is 102 Å². The molecule has 130 valence electrons. The van der Waals surface area contributed by atoms with Crippen molar-refractivity contribution in [2.45, 2.75) is 12.8 Å². The van der Waals surface area contributed by atoms with Gasteiger partial charge in [0.05, 0.1) is 20.7 Å². The Kier molecular flexibility index (Phi) is 10.5. The lowest BCUT2D eigenvalue weighted by atomic mass is 10.3. The standard InChI is InChI=1S/C13H26NO7P/c1-4-9-20-13(15)6-5-10-19-11-7-14(2,3)8-12-21-22(16,17)18/h4H,1,5-12H2,2-3H3,(H-,16,17,18)/p+1. The quantitative estimate of drug-likeness (QED) is 0.167. The van der Waals surface area contributed by atoms with Crippen LogP contribution in [0.3, 0.4) is 0 Å². The number of phosphoric acid groups is 1. The Hall–Kier alpha value is -0.760. The minimum absolute atomic E-state index is 0.0214. The molecule has 0 aromatic rings. The summed E-state index contributed by atoms with van der Waals surface area (Å²) in [6, 6.07) is 0. The lowest BCUT2D eigenvalue weighted by Gasteiger charge is -2.29. The van der Waals surface area contributed by atoms with Crippen molar-refractivity contribution < 1.29 is 37.6 Å². The van der Waals surface area contributed by atoms with Crippen LogP contribution >= 0.6 is 7.82 Å². The summed E-state index contributed by atoms with van der Waals surface area (Å²) in [4.78, 5) is 28.4. The molecular formula is C13H27NO7P+. The van der Waals surface area contributed by atoms with Gasteiger partial charge in [-0.05, 0) is 6.42 Å². The van der Waals surface area contributed by atoms with Crippen molar-refractivity contribution in [2.75, 3.05) is 53.6 Å². The first kappa shape index (κ1) is 21.2. The molecular weight excluding hydrogens is 313 g/mol. The lowest BCUT2D eigenvalue weighted by Crippen LogP contribution is -2.44. The van der Waals surface area contributed by atoms with E-state index in [4.69, 9.17) is 19.3 Å². The summed E-state index contributed by atoms with van der Waals surface area (Å²) in [5, 5.41) is 0. The number of nitrogens with zero attached hydrogens (tertiary/aromatic N) is 1. The first-order valence-corrected chi connectivity index (χ1v) is 8.56. The third-order valence-corrected chi connectivity index (χ3v) is 3.35. The Morgan fingerprint density at radius 3 is 2.45 bits per heavy atom. The number of quaternary nitrogens is 1. The number of hydrogen-bond donors (Lipinski definition) is 2. The van der Waals surface area contributed by atoms with E-state index in [1.807, 2.05) is 14.1 Å². The molecule has 0 saturated heterocycles. The number of hydrogen-bond acceptors (Lipinski definition) is 5. The Labute approximate surface area is 131 Å². The largest absolute Gasteiger partial charge is 0.469 e. The third-order valence-electron chi connectivity index (χ3n) is 2.83. The molecule has 0 fully saturated rings. The first-order chi connectivity index (χ1) is 10.2. The fourth-order valence-electron chi connectivity index (χ4n) is 1.48. The maximum atomic E-state index is 11.2. The van der Waals surface area contributed by atoms with Gasteiger partial charge in [0.1, 0.15) is 26.3 Å². The number of carbonyl (C=O) groups is 1. The molecule has 0 unspecified atom stereocenters. The highest BCUT2D eigenvalue weighted by Gasteiger charge is 2.19. The molecule has 2 N–H and O–H groups in total. The summed E-state index contributed by atoms with van der Waals surface area (Å²) in [5.41, 5.74) is 0. The molecule has 0 amide bonds. The normalized spacial score (nSPS) is 12.2. The molecule has 0 aromatic heterocycles. The van der Waals surface area contributed by atoms with Crippen molar-refractivity contribution in [3.63, 3.8) is 0 Å². The van der Waals surface area contributed by atoms with E-state index in [0.29, 0.717) is 43.6 Å². The molecule has 9 heteroatoms. The van der Waals surface area contributed by atoms with Gasteiger partial charge >= 0.3 is 13.8 Å². The smallest absolute Gasteiger partial charge is 0.461 e. The Morgan fingerprint density at radius 1 is 1.23 bits per heavy atom. The van der Waals surface area contributed by atoms with Crippen LogP contribution in [-0.2, 0) is 23.4 Å². The summed E-state index contributed by atoms with van der Waals surface area (Å²) >= 11 is 0. The maximum Gasteiger partial charge on any atom is 0.469 e. The molecule has 0 aromatic carbocycles. The highest BCUT2D eigenvalue weighted by atomic mass is 31.2. The summed E-state index contributed by atoms with van der Waals surface area (Å²) in [6.07, 6.45) is 2.41. The van der Waals surface area contributed by atoms with Crippen molar-refractivity contribution in [1.82, 2.24) is 0 Å². The Morgan fingerprint density at radius 2 is 1.86 bits per heavy atom. The molecule has 0 saturated carbocycles. The number of carbonyl (C=O) groups excluding carboxylic acids is 1. The Balaban J connectivity index is 3.62. The van der Waals surface area contributed by atoms with E-state index >= 15 is 0 Å². The summed E-state index contributed by atoms with van der Waals surface area (Å²) in [7, 11) is -0.570. The minimum atomic E-state index is -4.40. The third kappa shape index (κ3) is 14.2. The van der Waals surface area contributed by atoms with E-state index in [2.05, 4.69) is 11.1 Å². The molecule has 0 rings (SSSR count). The van der Waals surface area contributed by atoms with Gasteiger partial charge in [-0.1, -0.05) is 12.7 Å². The van der Waals surface area contributed by atoms with Crippen molar-refractivity contribution in [1.29, 1.82) is 0 Å². The lowest BCUT2D eigenvalue weighted by molar-refractivity contribution is -0.890. The molecule has 0 heterocycles. The van der Waals surface area contributed by atoms with E-state index < -0.39 is 7.82 Å². The van der Waals surface area contributed by atoms with Crippen LogP contribution in [0.15, 0.2) is 12.7 Å². The monoisotopic (exact) mass is 340 g/mol. The molecule has 0 radical (unpaired) electrons. The van der Waals surface area contributed by atoms with E-state index in [0.717, 1.165) is 0 Å². The second kappa shape index (κ2) is 10.9. The van der Waals surface area contributed by atoms with Gasteiger partial charge in [-0.25, -0.2) is 4.57 Å². The fraction of sp³-hybridized carbons (Fsp3) is 0.769. The van der Waals surface area contributed by atoms with Crippen LogP contribution in [0, 0.1) is 0 Å². The zero-order valence-corrected chi connectivity index (χ0v) is 14.2. The highest BCUT2D eigenvalue weighted by molar-refractivity contribution is 7.46. The number of rotatable bonds is 13. The molecule has 0 spiro atoms. The molecule has 0 atom stereocenters. The summed E-state index contributed by atoms with van der Waals surface area (Å²) < 4.78 is 25.8. The van der Waals surface area contributed by atoms with Crippen molar-refractivity contribution in [3.05, 3.63) is 12.7 Å². The van der Waals surface area contributed by atoms with E-state index in [9.17, 15) is 9.36 Å².